The summed E-state index contributed by atoms with van der Waals surface area (Å²) in [7, 11) is 0. The van der Waals surface area contributed by atoms with Gasteiger partial charge in [0.25, 0.3) is 5.91 Å². The second kappa shape index (κ2) is 7.90. The molecule has 0 N–H and O–H groups in total. The Labute approximate surface area is 160 Å². The minimum Gasteiger partial charge on any atom is -0.370 e. The number of rotatable bonds is 3. The van der Waals surface area contributed by atoms with Crippen molar-refractivity contribution < 1.29 is 4.79 Å². The molecular formula is C20H26N6O. The third-order valence-corrected chi connectivity index (χ3v) is 5.30. The highest BCUT2D eigenvalue weighted by atomic mass is 16.2. The largest absolute Gasteiger partial charge is 0.370 e. The molecule has 27 heavy (non-hydrogen) atoms. The van der Waals surface area contributed by atoms with Gasteiger partial charge in [-0.1, -0.05) is 0 Å². The van der Waals surface area contributed by atoms with Crippen LogP contribution in [0.3, 0.4) is 0 Å². The van der Waals surface area contributed by atoms with E-state index in [9.17, 15) is 4.79 Å². The maximum atomic E-state index is 12.6. The molecule has 0 unspecified atom stereocenters. The van der Waals surface area contributed by atoms with E-state index in [0.29, 0.717) is 5.69 Å². The van der Waals surface area contributed by atoms with Gasteiger partial charge in [0.05, 0.1) is 12.4 Å². The van der Waals surface area contributed by atoms with Gasteiger partial charge in [-0.2, -0.15) is 0 Å². The van der Waals surface area contributed by atoms with Gasteiger partial charge in [-0.05, 0) is 38.3 Å². The average Bonchev–Trinajstić information content (AvgIpc) is 3.12. The molecule has 1 amide bonds. The van der Waals surface area contributed by atoms with Gasteiger partial charge in [-0.15, -0.1) is 0 Å². The number of nitrogens with zero attached hydrogens (tertiary/aromatic N) is 6. The highest BCUT2D eigenvalue weighted by molar-refractivity contribution is 5.92. The van der Waals surface area contributed by atoms with Gasteiger partial charge in [0.15, 0.2) is 0 Å². The zero-order chi connectivity index (χ0) is 18.6. The van der Waals surface area contributed by atoms with Crippen LogP contribution in [0.5, 0.6) is 0 Å². The molecule has 0 atom stereocenters. The molecule has 2 saturated heterocycles. The van der Waals surface area contributed by atoms with Crippen molar-refractivity contribution in [2.75, 3.05) is 49.1 Å². The number of likely N-dealkylation sites (tertiary alicyclic amines) is 1. The van der Waals surface area contributed by atoms with Gasteiger partial charge in [-0.3, -0.25) is 14.8 Å². The molecule has 7 heteroatoms. The van der Waals surface area contributed by atoms with Crippen molar-refractivity contribution in [2.24, 2.45) is 0 Å². The second-order valence-corrected chi connectivity index (χ2v) is 7.24. The zero-order valence-corrected chi connectivity index (χ0v) is 15.8. The Morgan fingerprint density at radius 3 is 2.56 bits per heavy atom. The molecule has 0 aromatic carbocycles. The van der Waals surface area contributed by atoms with E-state index in [-0.39, 0.29) is 5.91 Å². The Balaban J connectivity index is 1.46. The van der Waals surface area contributed by atoms with Crippen molar-refractivity contribution >= 4 is 17.4 Å². The maximum absolute atomic E-state index is 12.6. The van der Waals surface area contributed by atoms with Gasteiger partial charge >= 0.3 is 0 Å². The number of anilines is 2. The Kier molecular flexibility index (Phi) is 5.18. The van der Waals surface area contributed by atoms with E-state index in [4.69, 9.17) is 0 Å². The average molecular weight is 366 g/mol. The summed E-state index contributed by atoms with van der Waals surface area (Å²) >= 11 is 0. The topological polar surface area (TPSA) is 65.5 Å². The van der Waals surface area contributed by atoms with Crippen LogP contribution in [0.15, 0.2) is 30.7 Å². The number of pyridine rings is 1. The van der Waals surface area contributed by atoms with Crippen molar-refractivity contribution in [1.82, 2.24) is 19.9 Å². The van der Waals surface area contributed by atoms with Gasteiger partial charge in [0.2, 0.25) is 0 Å². The van der Waals surface area contributed by atoms with Crippen LogP contribution < -0.4 is 9.80 Å². The molecule has 0 spiro atoms. The van der Waals surface area contributed by atoms with E-state index < -0.39 is 0 Å². The van der Waals surface area contributed by atoms with Crippen LogP contribution in [0.1, 0.15) is 35.4 Å². The van der Waals surface area contributed by atoms with Gasteiger partial charge in [0.1, 0.15) is 11.5 Å². The van der Waals surface area contributed by atoms with Crippen LogP contribution in [-0.2, 0) is 0 Å². The molecule has 0 saturated carbocycles. The van der Waals surface area contributed by atoms with Crippen LogP contribution in [-0.4, -0.2) is 65.0 Å². The Morgan fingerprint density at radius 2 is 1.74 bits per heavy atom. The van der Waals surface area contributed by atoms with E-state index in [1.165, 1.54) is 5.69 Å². The lowest BCUT2D eigenvalue weighted by Crippen LogP contribution is -2.32. The predicted octanol–water partition coefficient (Wildman–Crippen LogP) is 2.13. The first-order valence-electron chi connectivity index (χ1n) is 9.74. The standard InChI is InChI=1S/C20H26N6O/c1-16-13-17(5-6-22-16)24-9-4-10-25(12-11-24)19-15-21-14-18(23-19)20(27)26-7-2-3-8-26/h5-6,13-15H,2-4,7-12H2,1H3. The first kappa shape index (κ1) is 17.7. The summed E-state index contributed by atoms with van der Waals surface area (Å²) in [6, 6.07) is 4.20. The Hall–Kier alpha value is -2.70. The fourth-order valence-corrected chi connectivity index (χ4v) is 3.83. The lowest BCUT2D eigenvalue weighted by Gasteiger charge is -2.24. The van der Waals surface area contributed by atoms with Crippen molar-refractivity contribution in [3.63, 3.8) is 0 Å². The van der Waals surface area contributed by atoms with Crippen molar-refractivity contribution in [3.8, 4) is 0 Å². The minimum absolute atomic E-state index is 0.00515. The van der Waals surface area contributed by atoms with Crippen LogP contribution in [0.4, 0.5) is 11.5 Å². The van der Waals surface area contributed by atoms with Gasteiger partial charge in [-0.25, -0.2) is 4.98 Å². The molecule has 2 fully saturated rings. The molecule has 7 nitrogen and oxygen atoms in total. The molecule has 2 aliphatic heterocycles. The summed E-state index contributed by atoms with van der Waals surface area (Å²) in [5.74, 6) is 0.804. The molecule has 2 aromatic rings. The van der Waals surface area contributed by atoms with Gasteiger partial charge in [0, 0.05) is 56.8 Å². The second-order valence-electron chi connectivity index (χ2n) is 7.24. The third-order valence-electron chi connectivity index (χ3n) is 5.30. The lowest BCUT2D eigenvalue weighted by atomic mass is 10.3. The molecule has 142 valence electrons. The summed E-state index contributed by atoms with van der Waals surface area (Å²) in [6.45, 7) is 7.36. The zero-order valence-electron chi connectivity index (χ0n) is 15.8. The van der Waals surface area contributed by atoms with Gasteiger partial charge < -0.3 is 14.7 Å². The first-order chi connectivity index (χ1) is 13.2. The Bertz CT molecular complexity index is 805. The molecule has 2 aromatic heterocycles. The molecule has 4 heterocycles. The monoisotopic (exact) mass is 366 g/mol. The quantitative estimate of drug-likeness (QED) is 0.829. The fourth-order valence-electron chi connectivity index (χ4n) is 3.83. The normalized spacial score (nSPS) is 17.9. The van der Waals surface area contributed by atoms with Crippen molar-refractivity contribution in [1.29, 1.82) is 0 Å². The number of aryl methyl sites for hydroxylation is 1. The van der Waals surface area contributed by atoms with E-state index >= 15 is 0 Å². The van der Waals surface area contributed by atoms with E-state index in [0.717, 1.165) is 70.0 Å². The van der Waals surface area contributed by atoms with Crippen molar-refractivity contribution in [2.45, 2.75) is 26.2 Å². The summed E-state index contributed by atoms with van der Waals surface area (Å²) in [6.07, 6.45) is 8.42. The minimum atomic E-state index is 0.00515. The highest BCUT2D eigenvalue weighted by Gasteiger charge is 2.23. The smallest absolute Gasteiger partial charge is 0.274 e. The van der Waals surface area contributed by atoms with E-state index in [1.807, 2.05) is 18.0 Å². The Morgan fingerprint density at radius 1 is 0.963 bits per heavy atom. The summed E-state index contributed by atoms with van der Waals surface area (Å²) in [5, 5.41) is 0. The fraction of sp³-hybridized carbons (Fsp3) is 0.500. The van der Waals surface area contributed by atoms with Crippen LogP contribution in [0, 0.1) is 6.92 Å². The SMILES string of the molecule is Cc1cc(N2CCCN(c3cncc(C(=O)N4CCCC4)n3)CC2)ccn1. The summed E-state index contributed by atoms with van der Waals surface area (Å²) in [4.78, 5) is 32.3. The number of carbonyl (C=O) groups is 1. The van der Waals surface area contributed by atoms with E-state index in [1.54, 1.807) is 12.4 Å². The lowest BCUT2D eigenvalue weighted by molar-refractivity contribution is 0.0786. The molecule has 2 aliphatic rings. The summed E-state index contributed by atoms with van der Waals surface area (Å²) < 4.78 is 0. The van der Waals surface area contributed by atoms with Crippen LogP contribution in [0.25, 0.3) is 0 Å². The molecule has 0 aliphatic carbocycles. The van der Waals surface area contributed by atoms with Crippen LogP contribution >= 0.6 is 0 Å². The first-order valence-corrected chi connectivity index (χ1v) is 9.74. The molecular weight excluding hydrogens is 340 g/mol. The highest BCUT2D eigenvalue weighted by Crippen LogP contribution is 2.20. The molecule has 0 radical (unpaired) electrons. The van der Waals surface area contributed by atoms with Crippen LogP contribution in [0.2, 0.25) is 0 Å². The predicted molar refractivity (Wildman–Crippen MR) is 105 cm³/mol. The maximum Gasteiger partial charge on any atom is 0.274 e. The third kappa shape index (κ3) is 4.02. The molecule has 0 bridgehead atoms. The number of hydrogen-bond donors (Lipinski definition) is 0. The molecule has 4 rings (SSSR count). The van der Waals surface area contributed by atoms with Crippen molar-refractivity contribution in [3.05, 3.63) is 42.1 Å². The van der Waals surface area contributed by atoms with E-state index in [2.05, 4.69) is 36.9 Å². The summed E-state index contributed by atoms with van der Waals surface area (Å²) in [5.41, 5.74) is 2.71. The number of hydrogen-bond acceptors (Lipinski definition) is 6. The number of carbonyl (C=O) groups excluding carboxylic acids is 1. The number of amides is 1. The number of aromatic nitrogens is 3.